The molecule has 2 aromatic rings. The van der Waals surface area contributed by atoms with Crippen LogP contribution in [-0.2, 0) is 13.6 Å². The number of rotatable bonds is 5. The second kappa shape index (κ2) is 7.03. The Kier molecular flexibility index (Phi) is 5.09. The number of aromatic nitrogens is 2. The lowest BCUT2D eigenvalue weighted by Crippen LogP contribution is -2.28. The monoisotopic (exact) mass is 328 g/mol. The van der Waals surface area contributed by atoms with Crippen LogP contribution >= 0.6 is 0 Å². The van der Waals surface area contributed by atoms with E-state index in [1.54, 1.807) is 24.1 Å². The molecule has 0 atom stereocenters. The minimum atomic E-state index is -4.39. The Morgan fingerprint density at radius 1 is 1.30 bits per heavy atom. The molecule has 1 aromatic carbocycles. The van der Waals surface area contributed by atoms with E-state index in [2.05, 4.69) is 20.5 Å². The van der Waals surface area contributed by atoms with Crippen molar-refractivity contribution in [1.82, 2.24) is 15.1 Å². The molecule has 9 heteroatoms. The van der Waals surface area contributed by atoms with Crippen molar-refractivity contribution >= 4 is 11.7 Å². The summed E-state index contributed by atoms with van der Waals surface area (Å²) in [6, 6.07) is 5.17. The molecule has 1 aromatic heterocycles. The molecule has 6 nitrogen and oxygen atoms in total. The van der Waals surface area contributed by atoms with Crippen molar-refractivity contribution in [1.29, 1.82) is 0 Å². The lowest BCUT2D eigenvalue weighted by atomic mass is 10.3. The predicted molar refractivity (Wildman–Crippen MR) is 77.1 cm³/mol. The molecular formula is C14H15F3N4O2. The SMILES string of the molecule is Cn1cc(CNC(=O)Nc2ccc(OCC(F)(F)F)cc2)cn1. The Morgan fingerprint density at radius 2 is 2.00 bits per heavy atom. The van der Waals surface area contributed by atoms with Gasteiger partial charge in [0.05, 0.1) is 6.20 Å². The van der Waals surface area contributed by atoms with E-state index < -0.39 is 18.8 Å². The molecule has 0 bridgehead atoms. The summed E-state index contributed by atoms with van der Waals surface area (Å²) in [6.45, 7) is -1.04. The largest absolute Gasteiger partial charge is 0.484 e. The van der Waals surface area contributed by atoms with Crippen molar-refractivity contribution in [3.05, 3.63) is 42.2 Å². The Bertz CT molecular complexity index is 653. The minimum Gasteiger partial charge on any atom is -0.484 e. The van der Waals surface area contributed by atoms with Crippen LogP contribution < -0.4 is 15.4 Å². The molecule has 0 aliphatic rings. The molecule has 2 rings (SSSR count). The maximum Gasteiger partial charge on any atom is 0.422 e. The van der Waals surface area contributed by atoms with Crippen molar-refractivity contribution < 1.29 is 22.7 Å². The van der Waals surface area contributed by atoms with Crippen LogP contribution in [0.4, 0.5) is 23.7 Å². The Labute approximate surface area is 130 Å². The standard InChI is InChI=1S/C14H15F3N4O2/c1-21-8-10(7-19-21)6-18-13(22)20-11-2-4-12(5-3-11)23-9-14(15,16)17/h2-5,7-8H,6,9H2,1H3,(H2,18,20,22). The van der Waals surface area contributed by atoms with Crippen LogP contribution in [0.1, 0.15) is 5.56 Å². The summed E-state index contributed by atoms with van der Waals surface area (Å²) >= 11 is 0. The van der Waals surface area contributed by atoms with Crippen molar-refractivity contribution in [3.8, 4) is 5.75 Å². The number of urea groups is 1. The molecular weight excluding hydrogens is 313 g/mol. The van der Waals surface area contributed by atoms with Crippen LogP contribution in [0.3, 0.4) is 0 Å². The quantitative estimate of drug-likeness (QED) is 0.887. The lowest BCUT2D eigenvalue weighted by molar-refractivity contribution is -0.153. The third-order valence-electron chi connectivity index (χ3n) is 2.73. The van der Waals surface area contributed by atoms with Gasteiger partial charge in [0.1, 0.15) is 5.75 Å². The molecule has 1 heterocycles. The average molecular weight is 328 g/mol. The average Bonchev–Trinajstić information content (AvgIpc) is 2.89. The number of benzene rings is 1. The zero-order chi connectivity index (χ0) is 16.9. The first-order valence-corrected chi connectivity index (χ1v) is 6.64. The van der Waals surface area contributed by atoms with E-state index in [0.717, 1.165) is 5.56 Å². The van der Waals surface area contributed by atoms with Gasteiger partial charge >= 0.3 is 12.2 Å². The van der Waals surface area contributed by atoms with Gasteiger partial charge in [0.25, 0.3) is 0 Å². The highest BCUT2D eigenvalue weighted by molar-refractivity contribution is 5.89. The number of aryl methyl sites for hydroxylation is 1. The van der Waals surface area contributed by atoms with Crippen LogP contribution in [0.2, 0.25) is 0 Å². The Hall–Kier alpha value is -2.71. The van der Waals surface area contributed by atoms with Gasteiger partial charge in [-0.05, 0) is 24.3 Å². The Balaban J connectivity index is 1.79. The smallest absolute Gasteiger partial charge is 0.422 e. The first-order chi connectivity index (χ1) is 10.8. The van der Waals surface area contributed by atoms with E-state index in [-0.39, 0.29) is 5.75 Å². The van der Waals surface area contributed by atoms with E-state index in [1.807, 2.05) is 0 Å². The van der Waals surface area contributed by atoms with Crippen LogP contribution in [0.25, 0.3) is 0 Å². The maximum absolute atomic E-state index is 12.0. The summed E-state index contributed by atoms with van der Waals surface area (Å²) in [5.41, 5.74) is 1.28. The highest BCUT2D eigenvalue weighted by atomic mass is 19.4. The van der Waals surface area contributed by atoms with Crippen molar-refractivity contribution in [2.45, 2.75) is 12.7 Å². The minimum absolute atomic E-state index is 0.0728. The van der Waals surface area contributed by atoms with Crippen molar-refractivity contribution in [3.63, 3.8) is 0 Å². The number of amides is 2. The predicted octanol–water partition coefficient (Wildman–Crippen LogP) is 2.68. The first-order valence-electron chi connectivity index (χ1n) is 6.64. The fraction of sp³-hybridized carbons (Fsp3) is 0.286. The molecule has 23 heavy (non-hydrogen) atoms. The fourth-order valence-corrected chi connectivity index (χ4v) is 1.72. The van der Waals surface area contributed by atoms with Crippen LogP contribution in [0.5, 0.6) is 5.75 Å². The van der Waals surface area contributed by atoms with Gasteiger partial charge in [-0.3, -0.25) is 4.68 Å². The van der Waals surface area contributed by atoms with Gasteiger partial charge in [0, 0.05) is 31.0 Å². The summed E-state index contributed by atoms with van der Waals surface area (Å²) in [4.78, 5) is 11.7. The third-order valence-corrected chi connectivity index (χ3v) is 2.73. The number of carbonyl (C=O) groups excluding carboxylic acids is 1. The molecule has 0 unspecified atom stereocenters. The lowest BCUT2D eigenvalue weighted by Gasteiger charge is -2.10. The summed E-state index contributed by atoms with van der Waals surface area (Å²) < 4.78 is 42.3. The van der Waals surface area contributed by atoms with E-state index in [4.69, 9.17) is 0 Å². The van der Waals surface area contributed by atoms with Crippen LogP contribution in [0, 0.1) is 0 Å². The molecule has 0 radical (unpaired) electrons. The summed E-state index contributed by atoms with van der Waals surface area (Å²) in [5, 5.41) is 9.17. The number of carbonyl (C=O) groups is 1. The van der Waals surface area contributed by atoms with Crippen LogP contribution in [0.15, 0.2) is 36.7 Å². The van der Waals surface area contributed by atoms with Gasteiger partial charge in [0.15, 0.2) is 6.61 Å². The number of alkyl halides is 3. The zero-order valence-corrected chi connectivity index (χ0v) is 12.2. The summed E-state index contributed by atoms with van der Waals surface area (Å²) in [7, 11) is 1.77. The highest BCUT2D eigenvalue weighted by Crippen LogP contribution is 2.20. The zero-order valence-electron chi connectivity index (χ0n) is 12.2. The van der Waals surface area contributed by atoms with Gasteiger partial charge in [-0.1, -0.05) is 0 Å². The van der Waals surface area contributed by atoms with Gasteiger partial charge in [0.2, 0.25) is 0 Å². The number of nitrogens with zero attached hydrogens (tertiary/aromatic N) is 2. The van der Waals surface area contributed by atoms with Gasteiger partial charge < -0.3 is 15.4 Å². The fourth-order valence-electron chi connectivity index (χ4n) is 1.72. The molecule has 2 amide bonds. The highest BCUT2D eigenvalue weighted by Gasteiger charge is 2.28. The van der Waals surface area contributed by atoms with Gasteiger partial charge in [-0.25, -0.2) is 4.79 Å². The molecule has 124 valence electrons. The van der Waals surface area contributed by atoms with Crippen molar-refractivity contribution in [2.24, 2.45) is 7.05 Å². The van der Waals surface area contributed by atoms with Gasteiger partial charge in [-0.2, -0.15) is 18.3 Å². The number of anilines is 1. The third kappa shape index (κ3) is 5.89. The molecule has 0 aliphatic carbocycles. The molecule has 2 N–H and O–H groups in total. The Morgan fingerprint density at radius 3 is 2.57 bits per heavy atom. The van der Waals surface area contributed by atoms with Crippen molar-refractivity contribution in [2.75, 3.05) is 11.9 Å². The number of hydrogen-bond donors (Lipinski definition) is 2. The van der Waals surface area contributed by atoms with E-state index in [1.165, 1.54) is 24.3 Å². The maximum atomic E-state index is 12.0. The number of hydrogen-bond acceptors (Lipinski definition) is 3. The first kappa shape index (κ1) is 16.7. The summed E-state index contributed by atoms with van der Waals surface area (Å²) in [6.07, 6.45) is -0.983. The van der Waals surface area contributed by atoms with Crippen LogP contribution in [-0.4, -0.2) is 28.6 Å². The normalized spacial score (nSPS) is 11.1. The molecule has 0 saturated heterocycles. The second-order valence-corrected chi connectivity index (χ2v) is 4.76. The summed E-state index contributed by atoms with van der Waals surface area (Å²) in [5.74, 6) is 0.0728. The second-order valence-electron chi connectivity index (χ2n) is 4.76. The molecule has 0 saturated carbocycles. The van der Waals surface area contributed by atoms with E-state index >= 15 is 0 Å². The van der Waals surface area contributed by atoms with E-state index in [0.29, 0.717) is 12.2 Å². The topological polar surface area (TPSA) is 68.2 Å². The van der Waals surface area contributed by atoms with E-state index in [9.17, 15) is 18.0 Å². The molecule has 0 aliphatic heterocycles. The number of nitrogens with one attached hydrogen (secondary N) is 2. The van der Waals surface area contributed by atoms with Gasteiger partial charge in [-0.15, -0.1) is 0 Å². The molecule has 0 spiro atoms. The molecule has 0 fully saturated rings. The number of ether oxygens (including phenoxy) is 1. The number of halogens is 3.